The van der Waals surface area contributed by atoms with Gasteiger partial charge in [0, 0.05) is 59.6 Å². The van der Waals surface area contributed by atoms with E-state index in [1.807, 2.05) is 78.9 Å². The van der Waals surface area contributed by atoms with Gasteiger partial charge in [-0.05, 0) is 89.0 Å². The zero-order chi connectivity index (χ0) is 39.1. The quantitative estimate of drug-likeness (QED) is 0.166. The molecule has 59 heavy (non-hydrogen) atoms. The molecule has 7 heteroatoms. The summed E-state index contributed by atoms with van der Waals surface area (Å²) < 4.78 is 25.8. The van der Waals surface area contributed by atoms with Gasteiger partial charge in [0.2, 0.25) is 0 Å². The Morgan fingerprint density at radius 1 is 0.458 bits per heavy atom. The van der Waals surface area contributed by atoms with Gasteiger partial charge in [-0.3, -0.25) is 9.97 Å². The Balaban J connectivity index is 1.17. The second kappa shape index (κ2) is 13.0. The van der Waals surface area contributed by atoms with Crippen molar-refractivity contribution in [3.8, 4) is 45.4 Å². The number of fused-ring (bicyclic) bond motifs is 11. The average molecular weight is 794 g/mol. The molecule has 5 nitrogen and oxygen atoms in total. The molecule has 0 saturated carbocycles. The van der Waals surface area contributed by atoms with Crippen LogP contribution in [0.1, 0.15) is 22.3 Å². The fourth-order valence-corrected chi connectivity index (χ4v) is 13.8. The van der Waals surface area contributed by atoms with Gasteiger partial charge in [-0.2, -0.15) is 0 Å². The summed E-state index contributed by atoms with van der Waals surface area (Å²) in [6.07, 6.45) is 3.58. The van der Waals surface area contributed by atoms with E-state index < -0.39 is 12.6 Å². The number of para-hydroxylation sites is 1. The summed E-state index contributed by atoms with van der Waals surface area (Å²) in [5, 5.41) is 4.89. The van der Waals surface area contributed by atoms with Gasteiger partial charge in [-0.1, -0.05) is 115 Å². The summed E-state index contributed by atoms with van der Waals surface area (Å²) in [6.45, 7) is 0. The molecular formula is C52H32N3O2PS. The molecule has 6 heterocycles. The summed E-state index contributed by atoms with van der Waals surface area (Å²) in [6, 6.07) is 62.4. The van der Waals surface area contributed by atoms with E-state index in [4.69, 9.17) is 9.72 Å². The number of hydrogen-bond donors (Lipinski definition) is 0. The number of ether oxygens (including phenoxy) is 1. The predicted octanol–water partition coefficient (Wildman–Crippen LogP) is 11.7. The van der Waals surface area contributed by atoms with E-state index >= 15 is 4.57 Å². The van der Waals surface area contributed by atoms with Crippen LogP contribution in [0, 0.1) is 0 Å². The Bertz CT molecular complexity index is 3290. The van der Waals surface area contributed by atoms with Crippen molar-refractivity contribution in [1.82, 2.24) is 15.0 Å². The van der Waals surface area contributed by atoms with Crippen LogP contribution in [0.25, 0.3) is 54.1 Å². The third kappa shape index (κ3) is 4.97. The Hall–Kier alpha value is -6.98. The first kappa shape index (κ1) is 34.1. The first-order valence-corrected chi connectivity index (χ1v) is 22.1. The van der Waals surface area contributed by atoms with Gasteiger partial charge in [-0.25, -0.2) is 4.98 Å². The number of aromatic nitrogens is 3. The van der Waals surface area contributed by atoms with E-state index in [2.05, 4.69) is 113 Å². The average Bonchev–Trinajstić information content (AvgIpc) is 3.68. The van der Waals surface area contributed by atoms with Crippen LogP contribution in [-0.4, -0.2) is 15.0 Å². The molecule has 2 aliphatic rings. The molecule has 10 aromatic rings. The van der Waals surface area contributed by atoms with Crippen LogP contribution in [0.5, 0.6) is 11.5 Å². The number of thiophene rings is 1. The lowest BCUT2D eigenvalue weighted by atomic mass is 9.63. The van der Waals surface area contributed by atoms with Crippen LogP contribution in [-0.2, 0) is 9.98 Å². The molecule has 0 saturated heterocycles. The van der Waals surface area contributed by atoms with Crippen LogP contribution in [0.2, 0.25) is 0 Å². The molecule has 4 aromatic heterocycles. The third-order valence-electron chi connectivity index (χ3n) is 11.9. The van der Waals surface area contributed by atoms with E-state index in [-0.39, 0.29) is 0 Å². The number of hydrogen-bond acceptors (Lipinski definition) is 6. The SMILES string of the molecule is O=P1(c2ccccc2)c2ccccc2C2(c3ccccc3Oc3cc(-c4cc(-c5ccccn5)nc(-c5ccccn5)c4)ccc32)c2cc3c(cc21)sc1ccccc13. The summed E-state index contributed by atoms with van der Waals surface area (Å²) in [5.74, 6) is 1.51. The molecule has 2 aliphatic heterocycles. The molecule has 0 N–H and O–H groups in total. The minimum atomic E-state index is -3.39. The van der Waals surface area contributed by atoms with Crippen molar-refractivity contribution < 1.29 is 9.30 Å². The topological polar surface area (TPSA) is 65.0 Å². The van der Waals surface area contributed by atoms with E-state index in [0.29, 0.717) is 0 Å². The van der Waals surface area contributed by atoms with E-state index in [0.717, 1.165) is 93.7 Å². The highest BCUT2D eigenvalue weighted by molar-refractivity contribution is 7.85. The maximum Gasteiger partial charge on any atom is 0.171 e. The lowest BCUT2D eigenvalue weighted by Crippen LogP contribution is -2.47. The van der Waals surface area contributed by atoms with Crippen molar-refractivity contribution in [3.05, 3.63) is 217 Å². The largest absolute Gasteiger partial charge is 0.457 e. The first-order chi connectivity index (χ1) is 29.1. The molecule has 0 bridgehead atoms. The minimum Gasteiger partial charge on any atom is -0.457 e. The molecule has 0 amide bonds. The molecule has 12 rings (SSSR count). The molecule has 0 radical (unpaired) electrons. The van der Waals surface area contributed by atoms with Crippen LogP contribution >= 0.6 is 18.5 Å². The number of pyridine rings is 3. The van der Waals surface area contributed by atoms with Gasteiger partial charge in [0.05, 0.1) is 28.2 Å². The third-order valence-corrected chi connectivity index (χ3v) is 16.2. The second-order valence-electron chi connectivity index (χ2n) is 15.0. The molecule has 278 valence electrons. The summed E-state index contributed by atoms with van der Waals surface area (Å²) in [7, 11) is -3.39. The highest BCUT2D eigenvalue weighted by Crippen LogP contribution is 2.62. The lowest BCUT2D eigenvalue weighted by Gasteiger charge is -2.47. The van der Waals surface area contributed by atoms with Crippen molar-refractivity contribution in [2.45, 2.75) is 5.41 Å². The number of rotatable bonds is 4. The van der Waals surface area contributed by atoms with Crippen LogP contribution in [0.4, 0.5) is 0 Å². The van der Waals surface area contributed by atoms with Gasteiger partial charge in [0.25, 0.3) is 0 Å². The lowest BCUT2D eigenvalue weighted by molar-refractivity contribution is 0.435. The summed E-state index contributed by atoms with van der Waals surface area (Å²) in [4.78, 5) is 14.3. The molecule has 2 unspecified atom stereocenters. The minimum absolute atomic E-state index is 0.740. The van der Waals surface area contributed by atoms with Gasteiger partial charge in [0.15, 0.2) is 7.14 Å². The summed E-state index contributed by atoms with van der Waals surface area (Å²) in [5.41, 5.74) is 8.17. The fourth-order valence-electron chi connectivity index (χ4n) is 9.37. The van der Waals surface area contributed by atoms with Crippen molar-refractivity contribution in [2.75, 3.05) is 0 Å². The monoisotopic (exact) mass is 793 g/mol. The summed E-state index contributed by atoms with van der Waals surface area (Å²) >= 11 is 1.76. The first-order valence-electron chi connectivity index (χ1n) is 19.6. The number of nitrogens with zero attached hydrogens (tertiary/aromatic N) is 3. The van der Waals surface area contributed by atoms with Crippen molar-refractivity contribution in [3.63, 3.8) is 0 Å². The van der Waals surface area contributed by atoms with E-state index in [1.54, 1.807) is 23.7 Å². The van der Waals surface area contributed by atoms with Gasteiger partial charge >= 0.3 is 0 Å². The molecule has 0 fully saturated rings. The van der Waals surface area contributed by atoms with Crippen LogP contribution in [0.15, 0.2) is 194 Å². The maximum atomic E-state index is 16.5. The Morgan fingerprint density at radius 3 is 1.88 bits per heavy atom. The fraction of sp³-hybridized carbons (Fsp3) is 0.0192. The second-order valence-corrected chi connectivity index (χ2v) is 18.8. The van der Waals surface area contributed by atoms with E-state index in [1.165, 1.54) is 10.1 Å². The number of benzene rings is 6. The van der Waals surface area contributed by atoms with Crippen molar-refractivity contribution in [1.29, 1.82) is 0 Å². The Labute approximate surface area is 344 Å². The zero-order valence-electron chi connectivity index (χ0n) is 31.5. The highest BCUT2D eigenvalue weighted by Gasteiger charge is 2.54. The Morgan fingerprint density at radius 2 is 1.12 bits per heavy atom. The van der Waals surface area contributed by atoms with E-state index in [9.17, 15) is 0 Å². The standard InChI is InChI=1S/C52H32N3O2PS/c56-58(35-14-2-1-3-15-35)48-22-8-6-18-40(48)52(41-31-37-36-16-4-9-23-50(36)59-51(37)32-49(41)58)38-17-5-7-21-46(38)57-47-30-33(24-25-39(47)52)34-28-44(42-19-10-12-26-53-42)55-45(29-34)43-20-11-13-27-54-43/h1-32H. The smallest absolute Gasteiger partial charge is 0.171 e. The molecular weight excluding hydrogens is 762 g/mol. The normalized spacial score (nSPS) is 17.5. The predicted molar refractivity (Wildman–Crippen MR) is 240 cm³/mol. The van der Waals surface area contributed by atoms with Crippen LogP contribution in [0.3, 0.4) is 0 Å². The molecule has 1 spiro atoms. The highest BCUT2D eigenvalue weighted by atomic mass is 32.1. The maximum absolute atomic E-state index is 16.5. The van der Waals surface area contributed by atoms with Crippen LogP contribution < -0.4 is 20.7 Å². The van der Waals surface area contributed by atoms with Crippen molar-refractivity contribution in [2.24, 2.45) is 0 Å². The van der Waals surface area contributed by atoms with Crippen molar-refractivity contribution >= 4 is 54.6 Å². The molecule has 2 atom stereocenters. The Kier molecular flexibility index (Phi) is 7.52. The van der Waals surface area contributed by atoms with Gasteiger partial charge in [0.1, 0.15) is 11.5 Å². The zero-order valence-corrected chi connectivity index (χ0v) is 33.2. The molecule has 0 aliphatic carbocycles. The van der Waals surface area contributed by atoms with Gasteiger partial charge < -0.3 is 9.30 Å². The molecule has 6 aromatic carbocycles. The van der Waals surface area contributed by atoms with Gasteiger partial charge in [-0.15, -0.1) is 11.3 Å².